The minimum absolute atomic E-state index is 0.265. The van der Waals surface area contributed by atoms with Gasteiger partial charge in [-0.2, -0.15) is 0 Å². The van der Waals surface area contributed by atoms with Gasteiger partial charge in [0.05, 0.1) is 21.3 Å². The Balaban J connectivity index is 1.96. The summed E-state index contributed by atoms with van der Waals surface area (Å²) >= 11 is 0. The normalized spacial score (nSPS) is 9.90. The largest absolute Gasteiger partial charge is 0.493 e. The average Bonchev–Trinajstić information content (AvgIpc) is 2.76. The summed E-state index contributed by atoms with van der Waals surface area (Å²) in [5.74, 6) is -0.191. The summed E-state index contributed by atoms with van der Waals surface area (Å²) in [7, 11) is 3.98. The minimum Gasteiger partial charge on any atom is -0.493 e. The molecule has 9 heteroatoms. The Morgan fingerprint density at radius 1 is 0.897 bits per heavy atom. The SMILES string of the molecule is COC(=O)COc1ccc(C(=O)NCc2ccc(NC(=O)OC)cc2)cc1OC. The lowest BCUT2D eigenvalue weighted by atomic mass is 10.1. The van der Waals surface area contributed by atoms with E-state index in [2.05, 4.69) is 20.1 Å². The Morgan fingerprint density at radius 3 is 2.24 bits per heavy atom. The van der Waals surface area contributed by atoms with Crippen molar-refractivity contribution in [1.29, 1.82) is 0 Å². The fraction of sp³-hybridized carbons (Fsp3) is 0.250. The molecule has 154 valence electrons. The number of ether oxygens (including phenoxy) is 4. The molecule has 0 radical (unpaired) electrons. The second-order valence-corrected chi connectivity index (χ2v) is 5.73. The number of amides is 2. The average molecular weight is 402 g/mol. The van der Waals surface area contributed by atoms with E-state index in [0.717, 1.165) is 5.56 Å². The van der Waals surface area contributed by atoms with Crippen LogP contribution in [0.5, 0.6) is 11.5 Å². The summed E-state index contributed by atoms with van der Waals surface area (Å²) in [4.78, 5) is 34.8. The summed E-state index contributed by atoms with van der Waals surface area (Å²) in [6.45, 7) is 0.0273. The number of rotatable bonds is 8. The molecule has 0 saturated heterocycles. The van der Waals surface area contributed by atoms with Crippen molar-refractivity contribution in [3.63, 3.8) is 0 Å². The molecule has 0 aliphatic heterocycles. The molecule has 29 heavy (non-hydrogen) atoms. The molecular weight excluding hydrogens is 380 g/mol. The van der Waals surface area contributed by atoms with Crippen molar-refractivity contribution in [2.75, 3.05) is 33.3 Å². The van der Waals surface area contributed by atoms with Gasteiger partial charge in [-0.25, -0.2) is 9.59 Å². The molecule has 2 rings (SSSR count). The molecule has 2 N–H and O–H groups in total. The molecule has 0 heterocycles. The molecule has 9 nitrogen and oxygen atoms in total. The zero-order valence-corrected chi connectivity index (χ0v) is 16.3. The van der Waals surface area contributed by atoms with Crippen LogP contribution >= 0.6 is 0 Å². The number of methoxy groups -OCH3 is 3. The Morgan fingerprint density at radius 2 is 1.62 bits per heavy atom. The van der Waals surface area contributed by atoms with E-state index in [1.54, 1.807) is 36.4 Å². The van der Waals surface area contributed by atoms with Crippen LogP contribution < -0.4 is 20.1 Å². The molecular formula is C20H22N2O7. The van der Waals surface area contributed by atoms with Gasteiger partial charge < -0.3 is 24.3 Å². The van der Waals surface area contributed by atoms with Crippen LogP contribution in [0.15, 0.2) is 42.5 Å². The molecule has 0 aliphatic carbocycles. The van der Waals surface area contributed by atoms with Gasteiger partial charge in [0.1, 0.15) is 0 Å². The van der Waals surface area contributed by atoms with E-state index in [0.29, 0.717) is 29.3 Å². The molecule has 2 aromatic rings. The van der Waals surface area contributed by atoms with Crippen LogP contribution in [0.2, 0.25) is 0 Å². The number of anilines is 1. The Bertz CT molecular complexity index is 866. The third kappa shape index (κ3) is 6.42. The number of esters is 1. The second kappa shape index (κ2) is 10.5. The lowest BCUT2D eigenvalue weighted by Crippen LogP contribution is -2.23. The fourth-order valence-electron chi connectivity index (χ4n) is 2.28. The summed E-state index contributed by atoms with van der Waals surface area (Å²) in [6, 6.07) is 11.6. The first kappa shape index (κ1) is 21.5. The summed E-state index contributed by atoms with van der Waals surface area (Å²) in [5.41, 5.74) is 1.80. The number of carbonyl (C=O) groups excluding carboxylic acids is 3. The molecule has 2 amide bonds. The van der Waals surface area contributed by atoms with Gasteiger partial charge in [0.2, 0.25) is 0 Å². The third-order valence-corrected chi connectivity index (χ3v) is 3.84. The van der Waals surface area contributed by atoms with Crippen molar-refractivity contribution in [3.8, 4) is 11.5 Å². The topological polar surface area (TPSA) is 112 Å². The molecule has 0 saturated carbocycles. The Kier molecular flexibility index (Phi) is 7.84. The Labute approximate surface area is 167 Å². The monoisotopic (exact) mass is 402 g/mol. The van der Waals surface area contributed by atoms with Crippen molar-refractivity contribution in [2.45, 2.75) is 6.54 Å². The third-order valence-electron chi connectivity index (χ3n) is 3.84. The second-order valence-electron chi connectivity index (χ2n) is 5.73. The molecule has 0 atom stereocenters. The van der Waals surface area contributed by atoms with E-state index >= 15 is 0 Å². The van der Waals surface area contributed by atoms with Gasteiger partial charge in [0, 0.05) is 17.8 Å². The number of hydrogen-bond acceptors (Lipinski definition) is 7. The van der Waals surface area contributed by atoms with Gasteiger partial charge in [-0.1, -0.05) is 12.1 Å². The van der Waals surface area contributed by atoms with Gasteiger partial charge >= 0.3 is 12.1 Å². The van der Waals surface area contributed by atoms with Crippen LogP contribution in [-0.2, 0) is 20.8 Å². The molecule has 0 aliphatic rings. The van der Waals surface area contributed by atoms with Gasteiger partial charge in [0.25, 0.3) is 5.91 Å². The lowest BCUT2D eigenvalue weighted by molar-refractivity contribution is -0.142. The number of carbonyl (C=O) groups is 3. The van der Waals surface area contributed by atoms with Crippen LogP contribution in [0.4, 0.5) is 10.5 Å². The molecule has 0 aromatic heterocycles. The smallest absolute Gasteiger partial charge is 0.411 e. The van der Waals surface area contributed by atoms with Crippen molar-refractivity contribution < 1.29 is 33.3 Å². The van der Waals surface area contributed by atoms with Gasteiger partial charge in [-0.05, 0) is 35.9 Å². The zero-order valence-electron chi connectivity index (χ0n) is 16.3. The maximum Gasteiger partial charge on any atom is 0.411 e. The van der Waals surface area contributed by atoms with E-state index < -0.39 is 12.1 Å². The van der Waals surface area contributed by atoms with E-state index in [1.165, 1.54) is 27.4 Å². The number of benzene rings is 2. The van der Waals surface area contributed by atoms with Crippen LogP contribution in [0.1, 0.15) is 15.9 Å². The quantitative estimate of drug-likeness (QED) is 0.652. The Hall–Kier alpha value is -3.75. The van der Waals surface area contributed by atoms with Crippen molar-refractivity contribution in [1.82, 2.24) is 5.32 Å². The minimum atomic E-state index is -0.556. The highest BCUT2D eigenvalue weighted by molar-refractivity contribution is 5.94. The zero-order chi connectivity index (χ0) is 21.2. The van der Waals surface area contributed by atoms with Gasteiger partial charge in [-0.3, -0.25) is 10.1 Å². The van der Waals surface area contributed by atoms with Crippen LogP contribution in [0.3, 0.4) is 0 Å². The molecule has 0 unspecified atom stereocenters. The van der Waals surface area contributed by atoms with Crippen LogP contribution in [0, 0.1) is 0 Å². The van der Waals surface area contributed by atoms with Crippen molar-refractivity contribution in [2.24, 2.45) is 0 Å². The highest BCUT2D eigenvalue weighted by Crippen LogP contribution is 2.28. The van der Waals surface area contributed by atoms with E-state index in [9.17, 15) is 14.4 Å². The first-order valence-corrected chi connectivity index (χ1v) is 8.56. The molecule has 0 bridgehead atoms. The van der Waals surface area contributed by atoms with Crippen molar-refractivity contribution >= 4 is 23.7 Å². The highest BCUT2D eigenvalue weighted by Gasteiger charge is 2.12. The number of nitrogens with one attached hydrogen (secondary N) is 2. The predicted octanol–water partition coefficient (Wildman–Crippen LogP) is 2.36. The van der Waals surface area contributed by atoms with E-state index in [4.69, 9.17) is 9.47 Å². The van der Waals surface area contributed by atoms with Gasteiger partial charge in [-0.15, -0.1) is 0 Å². The summed E-state index contributed by atoms with van der Waals surface area (Å²) in [6.07, 6.45) is -0.556. The predicted molar refractivity (Wildman–Crippen MR) is 104 cm³/mol. The van der Waals surface area contributed by atoms with Crippen molar-refractivity contribution in [3.05, 3.63) is 53.6 Å². The summed E-state index contributed by atoms with van der Waals surface area (Å²) < 4.78 is 19.6. The maximum atomic E-state index is 12.4. The van der Waals surface area contributed by atoms with Crippen LogP contribution in [0.25, 0.3) is 0 Å². The highest BCUT2D eigenvalue weighted by atomic mass is 16.6. The standard InChI is InChI=1S/C20H22N2O7/c1-26-17-10-14(6-9-16(17)29-12-18(23)27-2)19(24)21-11-13-4-7-15(8-5-13)22-20(25)28-3/h4-10H,11-12H2,1-3H3,(H,21,24)(H,22,25). The molecule has 0 fully saturated rings. The number of hydrogen-bond donors (Lipinski definition) is 2. The first-order valence-electron chi connectivity index (χ1n) is 8.56. The first-order chi connectivity index (χ1) is 14.0. The summed E-state index contributed by atoms with van der Waals surface area (Å²) in [5, 5.41) is 5.34. The lowest BCUT2D eigenvalue weighted by Gasteiger charge is -2.12. The fourth-order valence-corrected chi connectivity index (χ4v) is 2.28. The van der Waals surface area contributed by atoms with Crippen LogP contribution in [-0.4, -0.2) is 45.9 Å². The maximum absolute atomic E-state index is 12.4. The molecule has 2 aromatic carbocycles. The van der Waals surface area contributed by atoms with E-state index in [-0.39, 0.29) is 12.5 Å². The van der Waals surface area contributed by atoms with E-state index in [1.807, 2.05) is 0 Å². The molecule has 0 spiro atoms. The van der Waals surface area contributed by atoms with Gasteiger partial charge in [0.15, 0.2) is 18.1 Å².